The highest BCUT2D eigenvalue weighted by molar-refractivity contribution is 7.93. The van der Waals surface area contributed by atoms with Crippen LogP contribution in [0.2, 0.25) is 0 Å². The predicted octanol–water partition coefficient (Wildman–Crippen LogP) is 3.78. The van der Waals surface area contributed by atoms with Crippen molar-refractivity contribution in [2.45, 2.75) is 36.3 Å². The lowest BCUT2D eigenvalue weighted by molar-refractivity contribution is -0.132. The topological polar surface area (TPSA) is 123 Å². The number of piperazine rings is 1. The number of rotatable bonds is 7. The Morgan fingerprint density at radius 2 is 1.61 bits per heavy atom. The molecule has 3 aliphatic rings. The zero-order valence-corrected chi connectivity index (χ0v) is 26.8. The van der Waals surface area contributed by atoms with Gasteiger partial charge < -0.3 is 19.3 Å². The fraction of sp³-hybridized carbons (Fsp3) is 0.382. The van der Waals surface area contributed by atoms with E-state index in [0.29, 0.717) is 36.5 Å². The molecule has 2 saturated heterocycles. The molecule has 1 atom stereocenters. The minimum Gasteiger partial charge on any atom is -0.493 e. The first-order valence-corrected chi connectivity index (χ1v) is 17.0. The number of ether oxygens (including phenoxy) is 2. The SMILES string of the molecule is CCOc1ccccc1C1(OC(=O)N2CCN(C3CCN(C)CC3)CC2)C(=O)N(S(=O)(=O)c2ccccc2)c2ccc(C#N)cc21. The summed E-state index contributed by atoms with van der Waals surface area (Å²) < 4.78 is 41.2. The maximum absolute atomic E-state index is 14.9. The molecule has 0 spiro atoms. The number of sulfonamides is 1. The molecular formula is C34H37N5O6S. The third-order valence-corrected chi connectivity index (χ3v) is 10.8. The van der Waals surface area contributed by atoms with E-state index in [1.807, 2.05) is 0 Å². The van der Waals surface area contributed by atoms with Gasteiger partial charge in [-0.3, -0.25) is 9.69 Å². The maximum atomic E-state index is 14.9. The molecule has 3 heterocycles. The van der Waals surface area contributed by atoms with Crippen molar-refractivity contribution in [3.63, 3.8) is 0 Å². The van der Waals surface area contributed by atoms with Gasteiger partial charge in [0.25, 0.3) is 15.9 Å². The Hall–Kier alpha value is -4.44. The van der Waals surface area contributed by atoms with Crippen LogP contribution in [0.3, 0.4) is 0 Å². The van der Waals surface area contributed by atoms with Crippen molar-refractivity contribution in [1.82, 2.24) is 14.7 Å². The smallest absolute Gasteiger partial charge is 0.411 e. The molecule has 3 aliphatic heterocycles. The zero-order chi connectivity index (χ0) is 32.5. The fourth-order valence-electron chi connectivity index (χ4n) is 6.65. The molecular weight excluding hydrogens is 606 g/mol. The second kappa shape index (κ2) is 12.7. The second-order valence-corrected chi connectivity index (χ2v) is 13.6. The summed E-state index contributed by atoms with van der Waals surface area (Å²) in [6, 6.07) is 21.0. The first kappa shape index (κ1) is 31.5. The van der Waals surface area contributed by atoms with Gasteiger partial charge in [0.2, 0.25) is 5.60 Å². The Morgan fingerprint density at radius 3 is 2.28 bits per heavy atom. The number of para-hydroxylation sites is 1. The summed E-state index contributed by atoms with van der Waals surface area (Å²) in [7, 11) is -2.34. The number of piperidine rings is 1. The van der Waals surface area contributed by atoms with Crippen molar-refractivity contribution >= 4 is 27.7 Å². The van der Waals surface area contributed by atoms with Crippen LogP contribution >= 0.6 is 0 Å². The molecule has 3 aromatic rings. The van der Waals surface area contributed by atoms with Gasteiger partial charge in [0, 0.05) is 37.8 Å². The van der Waals surface area contributed by atoms with E-state index in [0.717, 1.165) is 25.9 Å². The highest BCUT2D eigenvalue weighted by Crippen LogP contribution is 2.52. The summed E-state index contributed by atoms with van der Waals surface area (Å²) in [6.07, 6.45) is 1.38. The van der Waals surface area contributed by atoms with Gasteiger partial charge in [-0.05, 0) is 76.3 Å². The maximum Gasteiger partial charge on any atom is 0.411 e. The van der Waals surface area contributed by atoms with E-state index in [9.17, 15) is 23.3 Å². The Kier molecular flexibility index (Phi) is 8.74. The minimum atomic E-state index is -4.46. The summed E-state index contributed by atoms with van der Waals surface area (Å²) in [5.74, 6) is -0.739. The van der Waals surface area contributed by atoms with E-state index < -0.39 is 27.6 Å². The molecule has 0 aromatic heterocycles. The summed E-state index contributed by atoms with van der Waals surface area (Å²) >= 11 is 0. The van der Waals surface area contributed by atoms with Crippen LogP contribution in [-0.4, -0.2) is 94.1 Å². The molecule has 12 heteroatoms. The number of likely N-dealkylation sites (tertiary alicyclic amines) is 1. The number of carbonyl (C=O) groups excluding carboxylic acids is 2. The van der Waals surface area contributed by atoms with Crippen LogP contribution in [0.5, 0.6) is 5.75 Å². The molecule has 46 heavy (non-hydrogen) atoms. The van der Waals surface area contributed by atoms with Gasteiger partial charge in [-0.15, -0.1) is 0 Å². The van der Waals surface area contributed by atoms with Gasteiger partial charge in [-0.2, -0.15) is 9.57 Å². The Labute approximate surface area is 269 Å². The summed E-state index contributed by atoms with van der Waals surface area (Å²) in [4.78, 5) is 35.2. The van der Waals surface area contributed by atoms with Crippen molar-refractivity contribution in [2.75, 3.05) is 57.2 Å². The van der Waals surface area contributed by atoms with Gasteiger partial charge in [-0.1, -0.05) is 36.4 Å². The molecule has 0 N–H and O–H groups in total. The summed E-state index contributed by atoms with van der Waals surface area (Å²) in [6.45, 7) is 6.17. The van der Waals surface area contributed by atoms with Gasteiger partial charge in [0.05, 0.1) is 34.4 Å². The first-order chi connectivity index (χ1) is 22.2. The van der Waals surface area contributed by atoms with Gasteiger partial charge >= 0.3 is 6.09 Å². The third kappa shape index (κ3) is 5.48. The highest BCUT2D eigenvalue weighted by Gasteiger charge is 2.61. The van der Waals surface area contributed by atoms with Crippen LogP contribution in [0.4, 0.5) is 10.5 Å². The first-order valence-electron chi connectivity index (χ1n) is 15.5. The number of hydrogen-bond acceptors (Lipinski definition) is 9. The molecule has 3 aromatic carbocycles. The monoisotopic (exact) mass is 643 g/mol. The van der Waals surface area contributed by atoms with E-state index in [-0.39, 0.29) is 39.6 Å². The Bertz CT molecular complexity index is 1760. The van der Waals surface area contributed by atoms with Crippen LogP contribution in [0.15, 0.2) is 77.7 Å². The number of nitrogens with zero attached hydrogens (tertiary/aromatic N) is 5. The average Bonchev–Trinajstić information content (AvgIpc) is 3.33. The van der Waals surface area contributed by atoms with E-state index in [1.165, 1.54) is 30.3 Å². The number of amides is 2. The Balaban J connectivity index is 1.43. The number of nitriles is 1. The summed E-state index contributed by atoms with van der Waals surface area (Å²) in [5, 5.41) is 9.84. The van der Waals surface area contributed by atoms with Crippen LogP contribution in [0, 0.1) is 11.3 Å². The average molecular weight is 644 g/mol. The summed E-state index contributed by atoms with van der Waals surface area (Å²) in [5.41, 5.74) is -1.84. The molecule has 0 aliphatic carbocycles. The van der Waals surface area contributed by atoms with Crippen LogP contribution in [0.1, 0.15) is 36.5 Å². The fourth-order valence-corrected chi connectivity index (χ4v) is 8.12. The van der Waals surface area contributed by atoms with Crippen LogP contribution < -0.4 is 9.04 Å². The lowest BCUT2D eigenvalue weighted by Gasteiger charge is -2.42. The van der Waals surface area contributed by atoms with Crippen LogP contribution in [-0.2, 0) is 25.2 Å². The molecule has 1 unspecified atom stereocenters. The molecule has 6 rings (SSSR count). The zero-order valence-electron chi connectivity index (χ0n) is 26.0. The lowest BCUT2D eigenvalue weighted by Crippen LogP contribution is -2.55. The number of benzene rings is 3. The largest absolute Gasteiger partial charge is 0.493 e. The van der Waals surface area contributed by atoms with Crippen molar-refractivity contribution in [2.24, 2.45) is 0 Å². The lowest BCUT2D eigenvalue weighted by atomic mass is 9.85. The highest BCUT2D eigenvalue weighted by atomic mass is 32.2. The number of hydrogen-bond donors (Lipinski definition) is 0. The predicted molar refractivity (Wildman–Crippen MR) is 171 cm³/mol. The van der Waals surface area contributed by atoms with E-state index in [2.05, 4.69) is 22.9 Å². The Morgan fingerprint density at radius 1 is 0.935 bits per heavy atom. The van der Waals surface area contributed by atoms with Crippen molar-refractivity contribution < 1.29 is 27.5 Å². The quantitative estimate of drug-likeness (QED) is 0.379. The number of anilines is 1. The molecule has 240 valence electrons. The third-order valence-electron chi connectivity index (χ3n) is 9.07. The van der Waals surface area contributed by atoms with E-state index >= 15 is 0 Å². The van der Waals surface area contributed by atoms with Crippen LogP contribution in [0.25, 0.3) is 0 Å². The van der Waals surface area contributed by atoms with Crippen molar-refractivity contribution in [1.29, 1.82) is 5.26 Å². The molecule has 2 fully saturated rings. The van der Waals surface area contributed by atoms with Gasteiger partial charge in [0.1, 0.15) is 5.75 Å². The van der Waals surface area contributed by atoms with Crippen molar-refractivity contribution in [3.05, 3.63) is 89.5 Å². The van der Waals surface area contributed by atoms with E-state index in [4.69, 9.17) is 9.47 Å². The molecule has 0 bridgehead atoms. The molecule has 0 radical (unpaired) electrons. The van der Waals surface area contributed by atoms with Crippen molar-refractivity contribution in [3.8, 4) is 11.8 Å². The number of fused-ring (bicyclic) bond motifs is 1. The van der Waals surface area contributed by atoms with E-state index in [1.54, 1.807) is 54.3 Å². The van der Waals surface area contributed by atoms with Gasteiger partial charge in [-0.25, -0.2) is 13.2 Å². The second-order valence-electron chi connectivity index (χ2n) is 11.8. The number of carbonyl (C=O) groups is 2. The van der Waals surface area contributed by atoms with Gasteiger partial charge in [0.15, 0.2) is 0 Å². The minimum absolute atomic E-state index is 0.000889. The molecule has 0 saturated carbocycles. The normalized spacial score (nSPS) is 21.1. The standard InChI is InChI=1S/C34H37N5O6S/c1-3-44-31-12-8-7-11-28(31)34(45-33(41)38-21-19-37(20-22-38)26-15-17-36(2)18-16-26)29-23-25(24-35)13-14-30(29)39(32(34)40)46(42,43)27-9-5-4-6-10-27/h4-14,23,26H,3,15-22H2,1-2H3. The molecule has 2 amide bonds. The molecule has 11 nitrogen and oxygen atoms in total.